The first-order chi connectivity index (χ1) is 11.6. The monoisotopic (exact) mass is 330 g/mol. The van der Waals surface area contributed by atoms with Crippen LogP contribution in [0.5, 0.6) is 0 Å². The molecular weight excluding hydrogens is 304 g/mol. The van der Waals surface area contributed by atoms with Crippen molar-refractivity contribution in [1.82, 2.24) is 10.2 Å². The third-order valence-electron chi connectivity index (χ3n) is 4.92. The number of likely N-dealkylation sites (tertiary alicyclic amines) is 1. The quantitative estimate of drug-likeness (QED) is 0.831. The van der Waals surface area contributed by atoms with Crippen molar-refractivity contribution >= 4 is 11.8 Å². The molecule has 0 spiro atoms. The third kappa shape index (κ3) is 4.35. The van der Waals surface area contributed by atoms with Crippen LogP contribution in [0.3, 0.4) is 0 Å². The molecule has 2 atom stereocenters. The average molecular weight is 330 g/mol. The number of aliphatic hydroxyl groups excluding tert-OH is 1. The van der Waals surface area contributed by atoms with Gasteiger partial charge in [0.25, 0.3) is 0 Å². The topological polar surface area (TPSA) is 69.6 Å². The first kappa shape index (κ1) is 17.0. The van der Waals surface area contributed by atoms with E-state index in [9.17, 15) is 14.7 Å². The molecule has 1 saturated heterocycles. The predicted octanol–water partition coefficient (Wildman–Crippen LogP) is 2.16. The summed E-state index contributed by atoms with van der Waals surface area (Å²) in [4.78, 5) is 26.4. The number of hydrogen-bond acceptors (Lipinski definition) is 3. The van der Waals surface area contributed by atoms with Gasteiger partial charge in [0.2, 0.25) is 0 Å². The van der Waals surface area contributed by atoms with Crippen molar-refractivity contribution in [3.8, 4) is 0 Å². The van der Waals surface area contributed by atoms with Crippen LogP contribution in [-0.4, -0.2) is 40.4 Å². The van der Waals surface area contributed by atoms with Crippen LogP contribution in [0.2, 0.25) is 0 Å². The van der Waals surface area contributed by atoms with E-state index in [1.165, 1.54) is 0 Å². The van der Waals surface area contributed by atoms with Crippen LogP contribution in [-0.2, 0) is 9.59 Å². The Bertz CT molecular complexity index is 571. The van der Waals surface area contributed by atoms with Gasteiger partial charge in [-0.2, -0.15) is 0 Å². The molecule has 24 heavy (non-hydrogen) atoms. The molecule has 1 saturated carbocycles. The van der Waals surface area contributed by atoms with Crippen molar-refractivity contribution in [2.75, 3.05) is 6.54 Å². The Morgan fingerprint density at radius 1 is 1.12 bits per heavy atom. The number of carbonyl (C=O) groups excluding carboxylic acids is 2. The summed E-state index contributed by atoms with van der Waals surface area (Å²) in [7, 11) is 0. The number of hydrogen-bond donors (Lipinski definition) is 2. The molecule has 5 nitrogen and oxygen atoms in total. The van der Waals surface area contributed by atoms with E-state index in [2.05, 4.69) is 5.32 Å². The van der Waals surface area contributed by atoms with Gasteiger partial charge in [0.05, 0.1) is 6.10 Å². The van der Waals surface area contributed by atoms with Gasteiger partial charge < -0.3 is 15.3 Å². The highest BCUT2D eigenvalue weighted by Gasteiger charge is 2.33. The molecule has 2 fully saturated rings. The first-order valence-corrected chi connectivity index (χ1v) is 8.99. The molecule has 2 unspecified atom stereocenters. The summed E-state index contributed by atoms with van der Waals surface area (Å²) in [6.45, 7) is 0.600. The Hall–Kier alpha value is -1.88. The molecule has 1 heterocycles. The van der Waals surface area contributed by atoms with Gasteiger partial charge in [0.15, 0.2) is 0 Å². The fourth-order valence-electron chi connectivity index (χ4n) is 3.36. The van der Waals surface area contributed by atoms with Crippen LogP contribution in [0.1, 0.15) is 56.6 Å². The highest BCUT2D eigenvalue weighted by Crippen LogP contribution is 2.27. The van der Waals surface area contributed by atoms with Crippen molar-refractivity contribution in [2.24, 2.45) is 0 Å². The molecular formula is C19H26N2O3. The maximum atomic E-state index is 12.6. The van der Waals surface area contributed by atoms with Crippen LogP contribution in [0.15, 0.2) is 30.3 Å². The molecule has 130 valence electrons. The van der Waals surface area contributed by atoms with E-state index in [4.69, 9.17) is 0 Å². The summed E-state index contributed by atoms with van der Waals surface area (Å²) in [5, 5.41) is 13.3. The van der Waals surface area contributed by atoms with Crippen molar-refractivity contribution in [1.29, 1.82) is 0 Å². The summed E-state index contributed by atoms with van der Waals surface area (Å²) in [6.07, 6.45) is 5.64. The van der Waals surface area contributed by atoms with E-state index >= 15 is 0 Å². The molecule has 0 bridgehead atoms. The minimum atomic E-state index is -0.615. The van der Waals surface area contributed by atoms with Gasteiger partial charge in [-0.15, -0.1) is 0 Å². The number of amides is 2. The lowest BCUT2D eigenvalue weighted by atomic mass is 9.98. The molecule has 1 aliphatic heterocycles. The third-order valence-corrected chi connectivity index (χ3v) is 4.92. The number of rotatable bonds is 4. The molecule has 1 aromatic rings. The second kappa shape index (κ2) is 7.79. The molecule has 1 aliphatic carbocycles. The minimum absolute atomic E-state index is 0.0832. The maximum absolute atomic E-state index is 12.6. The molecule has 0 aromatic heterocycles. The van der Waals surface area contributed by atoms with E-state index in [1.807, 2.05) is 30.3 Å². The fraction of sp³-hybridized carbons (Fsp3) is 0.579. The first-order valence-electron chi connectivity index (χ1n) is 8.99. The molecule has 5 heteroatoms. The van der Waals surface area contributed by atoms with Crippen LogP contribution >= 0.6 is 0 Å². The maximum Gasteiger partial charge on any atom is 0.312 e. The molecule has 2 N–H and O–H groups in total. The number of aliphatic hydroxyl groups is 1. The summed E-state index contributed by atoms with van der Waals surface area (Å²) in [5.41, 5.74) is 0.858. The second-order valence-corrected chi connectivity index (χ2v) is 6.91. The van der Waals surface area contributed by atoms with Gasteiger partial charge in [0, 0.05) is 18.6 Å². The van der Waals surface area contributed by atoms with E-state index < -0.39 is 17.9 Å². The standard InChI is InChI=1S/C19H26N2O3/c22-17(14-7-3-1-4-8-14)13-16-9-5-2-6-12-21(16)19(24)18(23)20-15-10-11-15/h1,3-4,7-8,15-17,22H,2,5-6,9-13H2,(H,20,23). The van der Waals surface area contributed by atoms with E-state index in [1.54, 1.807) is 4.90 Å². The van der Waals surface area contributed by atoms with Crippen molar-refractivity contribution < 1.29 is 14.7 Å². The number of carbonyl (C=O) groups is 2. The molecule has 1 aromatic carbocycles. The van der Waals surface area contributed by atoms with E-state index in [0.29, 0.717) is 13.0 Å². The molecule has 3 rings (SSSR count). The zero-order chi connectivity index (χ0) is 16.9. The van der Waals surface area contributed by atoms with Crippen LogP contribution in [0.4, 0.5) is 0 Å². The molecule has 2 amide bonds. The summed E-state index contributed by atoms with van der Waals surface area (Å²) in [5.74, 6) is -0.923. The lowest BCUT2D eigenvalue weighted by Gasteiger charge is -2.31. The van der Waals surface area contributed by atoms with Gasteiger partial charge in [-0.25, -0.2) is 0 Å². The Balaban J connectivity index is 1.67. The smallest absolute Gasteiger partial charge is 0.312 e. The van der Waals surface area contributed by atoms with Crippen LogP contribution in [0.25, 0.3) is 0 Å². The zero-order valence-corrected chi connectivity index (χ0v) is 14.0. The van der Waals surface area contributed by atoms with Crippen LogP contribution in [0, 0.1) is 0 Å². The van der Waals surface area contributed by atoms with Crippen LogP contribution < -0.4 is 5.32 Å². The zero-order valence-electron chi connectivity index (χ0n) is 14.0. The van der Waals surface area contributed by atoms with Gasteiger partial charge in [-0.3, -0.25) is 9.59 Å². The number of nitrogens with zero attached hydrogens (tertiary/aromatic N) is 1. The largest absolute Gasteiger partial charge is 0.388 e. The normalized spacial score (nSPS) is 22.5. The average Bonchev–Trinajstić information content (AvgIpc) is 3.42. The Morgan fingerprint density at radius 2 is 1.88 bits per heavy atom. The highest BCUT2D eigenvalue weighted by atomic mass is 16.3. The second-order valence-electron chi connectivity index (χ2n) is 6.91. The van der Waals surface area contributed by atoms with Crippen molar-refractivity contribution in [2.45, 2.75) is 63.1 Å². The van der Waals surface area contributed by atoms with Gasteiger partial charge >= 0.3 is 11.8 Å². The van der Waals surface area contributed by atoms with Crippen molar-refractivity contribution in [3.63, 3.8) is 0 Å². The minimum Gasteiger partial charge on any atom is -0.388 e. The van der Waals surface area contributed by atoms with Gasteiger partial charge in [-0.05, 0) is 37.7 Å². The SMILES string of the molecule is O=C(NC1CC1)C(=O)N1CCCCCC1CC(O)c1ccccc1. The summed E-state index contributed by atoms with van der Waals surface area (Å²) in [6, 6.07) is 9.61. The lowest BCUT2D eigenvalue weighted by molar-refractivity contribution is -0.147. The Morgan fingerprint density at radius 3 is 2.58 bits per heavy atom. The van der Waals surface area contributed by atoms with E-state index in [0.717, 1.165) is 44.1 Å². The highest BCUT2D eigenvalue weighted by molar-refractivity contribution is 6.35. The van der Waals surface area contributed by atoms with Gasteiger partial charge in [0.1, 0.15) is 0 Å². The number of nitrogens with one attached hydrogen (secondary N) is 1. The fourth-order valence-corrected chi connectivity index (χ4v) is 3.36. The lowest BCUT2D eigenvalue weighted by Crippen LogP contribution is -2.48. The predicted molar refractivity (Wildman–Crippen MR) is 91.2 cm³/mol. The number of benzene rings is 1. The summed E-state index contributed by atoms with van der Waals surface area (Å²) >= 11 is 0. The molecule has 0 radical (unpaired) electrons. The van der Waals surface area contributed by atoms with Gasteiger partial charge in [-0.1, -0.05) is 43.2 Å². The Kier molecular flexibility index (Phi) is 5.51. The van der Waals surface area contributed by atoms with E-state index in [-0.39, 0.29) is 12.1 Å². The Labute approximate surface area is 143 Å². The summed E-state index contributed by atoms with van der Waals surface area (Å²) < 4.78 is 0. The van der Waals surface area contributed by atoms with Crippen molar-refractivity contribution in [3.05, 3.63) is 35.9 Å². The molecule has 2 aliphatic rings.